The molecule has 0 spiro atoms. The van der Waals surface area contributed by atoms with E-state index in [0.717, 1.165) is 38.4 Å². The topological polar surface area (TPSA) is 35.6 Å². The van der Waals surface area contributed by atoms with Gasteiger partial charge in [-0.3, -0.25) is 4.79 Å². The highest BCUT2D eigenvalue weighted by atomic mass is 35.6. The zero-order valence-corrected chi connectivity index (χ0v) is 15.1. The molecule has 22 heavy (non-hydrogen) atoms. The third-order valence-electron chi connectivity index (χ3n) is 3.63. The molecule has 0 aromatic heterocycles. The van der Waals surface area contributed by atoms with E-state index in [1.807, 2.05) is 0 Å². The van der Waals surface area contributed by atoms with Crippen LogP contribution in [0.2, 0.25) is 5.02 Å². The monoisotopic (exact) mass is 383 g/mol. The summed E-state index contributed by atoms with van der Waals surface area (Å²) in [6.07, 6.45) is 0. The molecule has 0 atom stereocenters. The summed E-state index contributed by atoms with van der Waals surface area (Å²) in [5, 5.41) is 3.20. The van der Waals surface area contributed by atoms with Crippen molar-refractivity contribution in [1.82, 2.24) is 4.90 Å². The van der Waals surface area contributed by atoms with Crippen LogP contribution >= 0.6 is 46.4 Å². The van der Waals surface area contributed by atoms with Gasteiger partial charge in [-0.25, -0.2) is 0 Å². The molecule has 4 nitrogen and oxygen atoms in total. The molecule has 0 unspecified atom stereocenters. The Morgan fingerprint density at radius 2 is 1.86 bits per heavy atom. The lowest BCUT2D eigenvalue weighted by Crippen LogP contribution is -2.46. The van der Waals surface area contributed by atoms with Crippen LogP contribution in [0.4, 0.5) is 11.4 Å². The first-order chi connectivity index (χ1) is 10.3. The molecule has 2 rings (SSSR count). The second-order valence-corrected chi connectivity index (χ2v) is 7.70. The predicted octanol–water partition coefficient (Wildman–Crippen LogP) is 3.79. The van der Waals surface area contributed by atoms with E-state index in [0.29, 0.717) is 10.7 Å². The first kappa shape index (κ1) is 18.0. The van der Waals surface area contributed by atoms with Gasteiger partial charge in [-0.15, -0.1) is 0 Å². The summed E-state index contributed by atoms with van der Waals surface area (Å²) in [5.74, 6) is -0.701. The van der Waals surface area contributed by atoms with Crippen LogP contribution in [0, 0.1) is 0 Å². The first-order valence-corrected chi connectivity index (χ1v) is 8.48. The van der Waals surface area contributed by atoms with Gasteiger partial charge < -0.3 is 15.1 Å². The molecule has 0 saturated carbocycles. The summed E-state index contributed by atoms with van der Waals surface area (Å²) in [4.78, 5) is 16.4. The Hall–Kier alpha value is -0.390. The van der Waals surface area contributed by atoms with Crippen molar-refractivity contribution < 1.29 is 4.79 Å². The van der Waals surface area contributed by atoms with Crippen LogP contribution in [0.25, 0.3) is 0 Å². The summed E-state index contributed by atoms with van der Waals surface area (Å²) in [6.45, 7) is 6.70. The van der Waals surface area contributed by atoms with Crippen LogP contribution < -0.4 is 10.2 Å². The minimum Gasteiger partial charge on any atom is -0.366 e. The average molecular weight is 385 g/mol. The summed E-state index contributed by atoms with van der Waals surface area (Å²) >= 11 is 23.2. The molecule has 8 heteroatoms. The number of hydrogen-bond acceptors (Lipinski definition) is 3. The average Bonchev–Trinajstić information content (AvgIpc) is 2.47. The van der Waals surface area contributed by atoms with Crippen molar-refractivity contribution in [2.75, 3.05) is 42.9 Å². The third-order valence-corrected chi connectivity index (χ3v) is 4.45. The Labute approximate surface area is 150 Å². The van der Waals surface area contributed by atoms with Gasteiger partial charge in [0, 0.05) is 26.2 Å². The number of benzene rings is 1. The molecule has 0 radical (unpaired) electrons. The molecular formula is C14H17Cl4N3O. The summed E-state index contributed by atoms with van der Waals surface area (Å²) in [5.41, 5.74) is 1.32. The molecule has 1 aromatic carbocycles. The molecule has 1 N–H and O–H groups in total. The molecule has 0 aliphatic carbocycles. The number of halogens is 4. The van der Waals surface area contributed by atoms with E-state index in [1.165, 1.54) is 0 Å². The summed E-state index contributed by atoms with van der Waals surface area (Å²) in [6, 6.07) is 5.29. The molecule has 1 heterocycles. The van der Waals surface area contributed by atoms with Gasteiger partial charge in [-0.1, -0.05) is 59.4 Å². The van der Waals surface area contributed by atoms with Gasteiger partial charge in [-0.05, 0) is 18.7 Å². The maximum atomic E-state index is 11.9. The van der Waals surface area contributed by atoms with Crippen LogP contribution in [0.5, 0.6) is 0 Å². The number of carbonyl (C=O) groups excluding carboxylic acids is 1. The number of piperazine rings is 1. The molecule has 1 amide bonds. The lowest BCUT2D eigenvalue weighted by molar-refractivity contribution is -0.115. The van der Waals surface area contributed by atoms with Crippen LogP contribution in [-0.4, -0.2) is 47.3 Å². The number of nitrogens with one attached hydrogen (secondary N) is 1. The van der Waals surface area contributed by atoms with Crippen molar-refractivity contribution in [3.63, 3.8) is 0 Å². The van der Waals surface area contributed by atoms with Crippen LogP contribution in [0.1, 0.15) is 6.92 Å². The Bertz CT molecular complexity index is 539. The summed E-state index contributed by atoms with van der Waals surface area (Å²) < 4.78 is -2.01. The van der Waals surface area contributed by atoms with Crippen LogP contribution in [0.3, 0.4) is 0 Å². The quantitative estimate of drug-likeness (QED) is 0.805. The number of nitrogens with zero attached hydrogens (tertiary/aromatic N) is 2. The fraction of sp³-hybridized carbons (Fsp3) is 0.500. The first-order valence-electron chi connectivity index (χ1n) is 6.97. The van der Waals surface area contributed by atoms with Crippen molar-refractivity contribution in [2.45, 2.75) is 10.7 Å². The summed E-state index contributed by atoms with van der Waals surface area (Å²) in [7, 11) is 0. The van der Waals surface area contributed by atoms with E-state index in [2.05, 4.69) is 22.0 Å². The number of rotatable bonds is 3. The Kier molecular flexibility index (Phi) is 6.08. The molecule has 1 aliphatic rings. The van der Waals surface area contributed by atoms with Crippen molar-refractivity contribution in [3.05, 3.63) is 23.2 Å². The number of likely N-dealkylation sites (N-methyl/N-ethyl adjacent to an activating group) is 1. The second-order valence-electron chi connectivity index (χ2n) is 5.01. The molecule has 122 valence electrons. The molecule has 1 aliphatic heterocycles. The SMILES string of the molecule is CCN1CCN(c2c(Cl)cccc2NC(=O)C(Cl)(Cl)Cl)CC1. The van der Waals surface area contributed by atoms with E-state index in [4.69, 9.17) is 46.4 Å². The number of hydrogen-bond donors (Lipinski definition) is 1. The minimum atomic E-state index is -2.01. The fourth-order valence-electron chi connectivity index (χ4n) is 2.42. The normalized spacial score (nSPS) is 16.7. The zero-order valence-electron chi connectivity index (χ0n) is 12.1. The van der Waals surface area contributed by atoms with Gasteiger partial charge in [0.1, 0.15) is 0 Å². The lowest BCUT2D eigenvalue weighted by Gasteiger charge is -2.36. The standard InChI is InChI=1S/C14H17Cl4N3O/c1-2-20-6-8-21(9-7-20)12-10(15)4-3-5-11(12)19-13(22)14(16,17)18/h3-5H,2,6-9H2,1H3,(H,19,22). The molecule has 1 aromatic rings. The highest BCUT2D eigenvalue weighted by Gasteiger charge is 2.32. The molecule has 0 bridgehead atoms. The fourth-order valence-corrected chi connectivity index (χ4v) is 2.85. The maximum absolute atomic E-state index is 11.9. The second kappa shape index (κ2) is 7.45. The number of carbonyl (C=O) groups is 1. The third kappa shape index (κ3) is 4.33. The zero-order chi connectivity index (χ0) is 16.3. The van der Waals surface area contributed by atoms with Gasteiger partial charge in [-0.2, -0.15) is 0 Å². The van der Waals surface area contributed by atoms with Gasteiger partial charge in [0.05, 0.1) is 16.4 Å². The number of alkyl halides is 3. The number of para-hydroxylation sites is 1. The Morgan fingerprint density at radius 1 is 1.23 bits per heavy atom. The van der Waals surface area contributed by atoms with E-state index in [-0.39, 0.29) is 0 Å². The highest BCUT2D eigenvalue weighted by Crippen LogP contribution is 2.36. The van der Waals surface area contributed by atoms with Gasteiger partial charge in [0.25, 0.3) is 9.70 Å². The van der Waals surface area contributed by atoms with E-state index < -0.39 is 9.70 Å². The number of anilines is 2. The van der Waals surface area contributed by atoms with Gasteiger partial charge in [0.15, 0.2) is 0 Å². The van der Waals surface area contributed by atoms with Gasteiger partial charge >= 0.3 is 0 Å². The lowest BCUT2D eigenvalue weighted by atomic mass is 10.2. The van der Waals surface area contributed by atoms with E-state index in [1.54, 1.807) is 18.2 Å². The Morgan fingerprint density at radius 3 is 2.41 bits per heavy atom. The van der Waals surface area contributed by atoms with Crippen LogP contribution in [-0.2, 0) is 4.79 Å². The smallest absolute Gasteiger partial charge is 0.276 e. The van der Waals surface area contributed by atoms with E-state index >= 15 is 0 Å². The van der Waals surface area contributed by atoms with Crippen LogP contribution in [0.15, 0.2) is 18.2 Å². The number of amides is 1. The highest BCUT2D eigenvalue weighted by molar-refractivity contribution is 6.76. The molecular weight excluding hydrogens is 368 g/mol. The molecule has 1 fully saturated rings. The molecule has 1 saturated heterocycles. The van der Waals surface area contributed by atoms with Crippen molar-refractivity contribution in [2.24, 2.45) is 0 Å². The van der Waals surface area contributed by atoms with Crippen molar-refractivity contribution >= 4 is 63.7 Å². The van der Waals surface area contributed by atoms with Crippen molar-refractivity contribution in [1.29, 1.82) is 0 Å². The largest absolute Gasteiger partial charge is 0.366 e. The minimum absolute atomic E-state index is 0.550. The van der Waals surface area contributed by atoms with Gasteiger partial charge in [0.2, 0.25) is 0 Å². The predicted molar refractivity (Wildman–Crippen MR) is 94.7 cm³/mol. The van der Waals surface area contributed by atoms with Crippen molar-refractivity contribution in [3.8, 4) is 0 Å². The maximum Gasteiger partial charge on any atom is 0.276 e. The van der Waals surface area contributed by atoms with E-state index in [9.17, 15) is 4.79 Å². The Balaban J connectivity index is 2.22.